The van der Waals surface area contributed by atoms with Crippen LogP contribution in [0.4, 0.5) is 0 Å². The molecule has 5 nitrogen and oxygen atoms in total. The highest BCUT2D eigenvalue weighted by molar-refractivity contribution is 7.87. The molecule has 0 bridgehead atoms. The Morgan fingerprint density at radius 3 is 2.81 bits per heavy atom. The lowest BCUT2D eigenvalue weighted by molar-refractivity contribution is 0.153. The van der Waals surface area contributed by atoms with E-state index in [0.717, 1.165) is 18.4 Å². The van der Waals surface area contributed by atoms with E-state index in [2.05, 4.69) is 4.72 Å². The number of nitrogens with zero attached hydrogens (tertiary/aromatic N) is 1. The smallest absolute Gasteiger partial charge is 0.280 e. The number of rotatable bonds is 5. The fourth-order valence-electron chi connectivity index (χ4n) is 2.65. The summed E-state index contributed by atoms with van der Waals surface area (Å²) in [5, 5.41) is 9.90. The van der Waals surface area contributed by atoms with Gasteiger partial charge in [0.2, 0.25) is 0 Å². The van der Waals surface area contributed by atoms with E-state index >= 15 is 0 Å². The standard InChI is InChI=1S/C14H21ClN2O3S/c1-11(13-7-2-3-8-14(13)15)16-21(19,20)17-9-5-4-6-12(17)10-18/h2-3,7-8,11-12,16,18H,4-6,9-10H2,1H3. The van der Waals surface area contributed by atoms with Gasteiger partial charge in [0, 0.05) is 23.7 Å². The Kier molecular flexibility index (Phi) is 5.62. The Balaban J connectivity index is 2.15. The zero-order valence-electron chi connectivity index (χ0n) is 12.0. The van der Waals surface area contributed by atoms with Crippen LogP contribution in [0.1, 0.15) is 37.8 Å². The largest absolute Gasteiger partial charge is 0.395 e. The highest BCUT2D eigenvalue weighted by Crippen LogP contribution is 2.25. The van der Waals surface area contributed by atoms with Crippen molar-refractivity contribution < 1.29 is 13.5 Å². The molecule has 2 rings (SSSR count). The lowest BCUT2D eigenvalue weighted by Gasteiger charge is -2.34. The van der Waals surface area contributed by atoms with Gasteiger partial charge in [0.05, 0.1) is 6.61 Å². The molecule has 21 heavy (non-hydrogen) atoms. The van der Waals surface area contributed by atoms with Crippen LogP contribution in [-0.4, -0.2) is 37.0 Å². The van der Waals surface area contributed by atoms with Crippen molar-refractivity contribution in [3.8, 4) is 0 Å². The number of halogens is 1. The van der Waals surface area contributed by atoms with Gasteiger partial charge in [0.1, 0.15) is 0 Å². The zero-order valence-corrected chi connectivity index (χ0v) is 13.6. The van der Waals surface area contributed by atoms with Crippen LogP contribution in [0.15, 0.2) is 24.3 Å². The number of benzene rings is 1. The quantitative estimate of drug-likeness (QED) is 0.867. The molecule has 2 atom stereocenters. The van der Waals surface area contributed by atoms with E-state index in [-0.39, 0.29) is 12.6 Å². The monoisotopic (exact) mass is 332 g/mol. The van der Waals surface area contributed by atoms with E-state index in [1.165, 1.54) is 4.31 Å². The van der Waals surface area contributed by atoms with Gasteiger partial charge in [0.15, 0.2) is 0 Å². The summed E-state index contributed by atoms with van der Waals surface area (Å²) in [6.07, 6.45) is 2.45. The predicted octanol–water partition coefficient (Wildman–Crippen LogP) is 2.08. The molecule has 0 saturated carbocycles. The summed E-state index contributed by atoms with van der Waals surface area (Å²) < 4.78 is 29.0. The lowest BCUT2D eigenvalue weighted by atomic mass is 10.1. The van der Waals surface area contributed by atoms with E-state index in [4.69, 9.17) is 11.6 Å². The lowest BCUT2D eigenvalue weighted by Crippen LogP contribution is -2.50. The third-order valence-electron chi connectivity index (χ3n) is 3.79. The molecule has 1 saturated heterocycles. The van der Waals surface area contributed by atoms with E-state index < -0.39 is 16.3 Å². The average molecular weight is 333 g/mol. The van der Waals surface area contributed by atoms with Gasteiger partial charge >= 0.3 is 0 Å². The summed E-state index contributed by atoms with van der Waals surface area (Å²) in [5.74, 6) is 0. The minimum absolute atomic E-state index is 0.151. The number of aliphatic hydroxyl groups excluding tert-OH is 1. The van der Waals surface area contributed by atoms with Crippen molar-refractivity contribution in [2.24, 2.45) is 0 Å². The molecule has 1 heterocycles. The molecule has 2 N–H and O–H groups in total. The highest BCUT2D eigenvalue weighted by atomic mass is 35.5. The molecule has 1 aliphatic heterocycles. The summed E-state index contributed by atoms with van der Waals surface area (Å²) in [6, 6.07) is 6.40. The Hall–Kier alpha value is -0.660. The van der Waals surface area contributed by atoms with Crippen molar-refractivity contribution in [2.75, 3.05) is 13.2 Å². The first kappa shape index (κ1) is 16.7. The molecule has 118 valence electrons. The second kappa shape index (κ2) is 7.07. The first-order valence-electron chi connectivity index (χ1n) is 7.10. The zero-order chi connectivity index (χ0) is 15.5. The van der Waals surface area contributed by atoms with Crippen LogP contribution in [0.25, 0.3) is 0 Å². The fourth-order valence-corrected chi connectivity index (χ4v) is 4.60. The molecule has 1 fully saturated rings. The van der Waals surface area contributed by atoms with Crippen LogP contribution in [0.3, 0.4) is 0 Å². The van der Waals surface area contributed by atoms with Crippen LogP contribution in [-0.2, 0) is 10.2 Å². The maximum atomic E-state index is 12.5. The van der Waals surface area contributed by atoms with E-state index in [1.54, 1.807) is 25.1 Å². The minimum atomic E-state index is -3.64. The molecule has 0 amide bonds. The molecular weight excluding hydrogens is 312 g/mol. The molecule has 0 spiro atoms. The highest BCUT2D eigenvalue weighted by Gasteiger charge is 2.32. The molecule has 1 aliphatic rings. The Morgan fingerprint density at radius 1 is 1.43 bits per heavy atom. The predicted molar refractivity (Wildman–Crippen MR) is 83.4 cm³/mol. The van der Waals surface area contributed by atoms with Gasteiger partial charge in [-0.1, -0.05) is 36.2 Å². The van der Waals surface area contributed by atoms with Crippen LogP contribution >= 0.6 is 11.6 Å². The average Bonchev–Trinajstić information content (AvgIpc) is 2.47. The summed E-state index contributed by atoms with van der Waals surface area (Å²) in [7, 11) is -3.64. The van der Waals surface area contributed by atoms with Crippen molar-refractivity contribution >= 4 is 21.8 Å². The third kappa shape index (κ3) is 3.96. The van der Waals surface area contributed by atoms with E-state index in [9.17, 15) is 13.5 Å². The van der Waals surface area contributed by atoms with Gasteiger partial charge < -0.3 is 5.11 Å². The topological polar surface area (TPSA) is 69.6 Å². The molecular formula is C14H21ClN2O3S. The first-order chi connectivity index (χ1) is 9.95. The van der Waals surface area contributed by atoms with Crippen molar-refractivity contribution in [1.82, 2.24) is 9.03 Å². The van der Waals surface area contributed by atoms with E-state index in [1.807, 2.05) is 6.07 Å². The molecule has 0 radical (unpaired) electrons. The molecule has 7 heteroatoms. The summed E-state index contributed by atoms with van der Waals surface area (Å²) in [4.78, 5) is 0. The van der Waals surface area contributed by atoms with Gasteiger partial charge in [-0.3, -0.25) is 0 Å². The summed E-state index contributed by atoms with van der Waals surface area (Å²) in [6.45, 7) is 2.05. The third-order valence-corrected chi connectivity index (χ3v) is 5.88. The number of piperidine rings is 1. The number of aliphatic hydroxyl groups is 1. The van der Waals surface area contributed by atoms with Crippen molar-refractivity contribution in [3.05, 3.63) is 34.9 Å². The maximum absolute atomic E-state index is 12.5. The molecule has 2 unspecified atom stereocenters. The summed E-state index contributed by atoms with van der Waals surface area (Å²) in [5.41, 5.74) is 0.736. The Bertz CT molecular complexity index is 579. The summed E-state index contributed by atoms with van der Waals surface area (Å²) >= 11 is 6.10. The van der Waals surface area contributed by atoms with Gasteiger partial charge in [-0.05, 0) is 31.4 Å². The molecule has 1 aromatic rings. The van der Waals surface area contributed by atoms with Crippen LogP contribution in [0, 0.1) is 0 Å². The van der Waals surface area contributed by atoms with Crippen LogP contribution in [0.2, 0.25) is 5.02 Å². The van der Waals surface area contributed by atoms with Crippen molar-refractivity contribution in [2.45, 2.75) is 38.3 Å². The van der Waals surface area contributed by atoms with Gasteiger partial charge in [0.25, 0.3) is 10.2 Å². The first-order valence-corrected chi connectivity index (χ1v) is 8.92. The number of hydrogen-bond donors (Lipinski definition) is 2. The maximum Gasteiger partial charge on any atom is 0.280 e. The van der Waals surface area contributed by atoms with Crippen LogP contribution in [0.5, 0.6) is 0 Å². The molecule has 1 aromatic carbocycles. The fraction of sp³-hybridized carbons (Fsp3) is 0.571. The number of nitrogens with one attached hydrogen (secondary N) is 1. The number of hydrogen-bond acceptors (Lipinski definition) is 3. The van der Waals surface area contributed by atoms with Crippen molar-refractivity contribution in [3.63, 3.8) is 0 Å². The Labute approximate surface area is 131 Å². The van der Waals surface area contributed by atoms with E-state index in [0.29, 0.717) is 18.0 Å². The molecule has 0 aromatic heterocycles. The van der Waals surface area contributed by atoms with Crippen LogP contribution < -0.4 is 4.72 Å². The van der Waals surface area contributed by atoms with Gasteiger partial charge in [-0.2, -0.15) is 17.4 Å². The van der Waals surface area contributed by atoms with Gasteiger partial charge in [-0.15, -0.1) is 0 Å². The molecule has 0 aliphatic carbocycles. The Morgan fingerprint density at radius 2 is 2.14 bits per heavy atom. The second-order valence-electron chi connectivity index (χ2n) is 5.31. The normalized spacial score (nSPS) is 22.1. The minimum Gasteiger partial charge on any atom is -0.395 e. The second-order valence-corrected chi connectivity index (χ2v) is 7.37. The SMILES string of the molecule is CC(NS(=O)(=O)N1CCCCC1CO)c1ccccc1Cl. The van der Waals surface area contributed by atoms with Gasteiger partial charge in [-0.25, -0.2) is 0 Å². The van der Waals surface area contributed by atoms with Crippen molar-refractivity contribution in [1.29, 1.82) is 0 Å².